The molecular formula is C16H13F5N2O4S. The van der Waals surface area contributed by atoms with E-state index < -0.39 is 36.0 Å². The molecule has 28 heavy (non-hydrogen) atoms. The molecule has 12 heteroatoms. The Morgan fingerprint density at radius 3 is 2.46 bits per heavy atom. The van der Waals surface area contributed by atoms with Gasteiger partial charge in [-0.15, -0.1) is 0 Å². The number of anilines is 1. The van der Waals surface area contributed by atoms with E-state index in [0.717, 1.165) is 30.4 Å². The van der Waals surface area contributed by atoms with Gasteiger partial charge in [-0.3, -0.25) is 9.59 Å². The predicted molar refractivity (Wildman–Crippen MR) is 89.0 cm³/mol. The van der Waals surface area contributed by atoms with E-state index in [-0.39, 0.29) is 27.9 Å². The van der Waals surface area contributed by atoms with Gasteiger partial charge in [-0.25, -0.2) is 4.98 Å². The Labute approximate surface area is 159 Å². The van der Waals surface area contributed by atoms with Crippen LogP contribution in [0.15, 0.2) is 18.2 Å². The minimum atomic E-state index is -4.97. The number of alkyl halides is 5. The fourth-order valence-corrected chi connectivity index (χ4v) is 3.09. The third kappa shape index (κ3) is 5.62. The van der Waals surface area contributed by atoms with E-state index in [9.17, 15) is 31.5 Å². The molecule has 1 heterocycles. The molecule has 0 saturated carbocycles. The Hall–Kier alpha value is -2.76. The van der Waals surface area contributed by atoms with Crippen molar-refractivity contribution in [1.82, 2.24) is 4.98 Å². The number of carbonyl (C=O) groups is 2. The Morgan fingerprint density at radius 2 is 1.93 bits per heavy atom. The van der Waals surface area contributed by atoms with Crippen LogP contribution in [-0.2, 0) is 27.1 Å². The van der Waals surface area contributed by atoms with Gasteiger partial charge in [0.05, 0.1) is 16.1 Å². The molecule has 0 aliphatic carbocycles. The topological polar surface area (TPSA) is 77.5 Å². The van der Waals surface area contributed by atoms with Gasteiger partial charge in [0.15, 0.2) is 5.13 Å². The molecule has 2 rings (SSSR count). The number of ether oxygens (including phenoxy) is 2. The fourth-order valence-electron chi connectivity index (χ4n) is 2.14. The summed E-state index contributed by atoms with van der Waals surface area (Å²) >= 11 is 0.900. The molecule has 0 atom stereocenters. The first kappa shape index (κ1) is 21.5. The van der Waals surface area contributed by atoms with Crippen LogP contribution in [0, 0.1) is 0 Å². The van der Waals surface area contributed by atoms with E-state index in [4.69, 9.17) is 4.74 Å². The largest absolute Gasteiger partial charge is 0.460 e. The summed E-state index contributed by atoms with van der Waals surface area (Å²) in [7, 11) is 0. The second kappa shape index (κ2) is 8.50. The number of amides is 1. The highest BCUT2D eigenvalue weighted by Gasteiger charge is 2.36. The van der Waals surface area contributed by atoms with Crippen LogP contribution >= 0.6 is 11.3 Å². The number of thiazole rings is 1. The zero-order valence-electron chi connectivity index (χ0n) is 14.4. The normalized spacial score (nSPS) is 11.4. The van der Waals surface area contributed by atoms with Crippen LogP contribution in [0.3, 0.4) is 0 Å². The van der Waals surface area contributed by atoms with Gasteiger partial charge in [0, 0.05) is 19.4 Å². The van der Waals surface area contributed by atoms with E-state index >= 15 is 0 Å². The number of hydrogen-bond donors (Lipinski definition) is 1. The van der Waals surface area contributed by atoms with Crippen LogP contribution in [0.5, 0.6) is 5.75 Å². The molecule has 0 bridgehead atoms. The van der Waals surface area contributed by atoms with E-state index in [1.165, 1.54) is 6.92 Å². The van der Waals surface area contributed by atoms with E-state index in [0.29, 0.717) is 6.07 Å². The lowest BCUT2D eigenvalue weighted by atomic mass is 10.1. The number of rotatable bonds is 6. The molecule has 0 saturated heterocycles. The molecule has 0 fully saturated rings. The number of carbonyl (C=O) groups excluding carboxylic acids is 2. The summed E-state index contributed by atoms with van der Waals surface area (Å²) in [6, 6.07) is 2.45. The van der Waals surface area contributed by atoms with Crippen LogP contribution in [0.4, 0.5) is 27.1 Å². The molecule has 2 aromatic rings. The minimum absolute atomic E-state index is 0.00379. The number of nitrogens with one attached hydrogen (secondary N) is 1. The second-order valence-corrected chi connectivity index (χ2v) is 6.42. The van der Waals surface area contributed by atoms with Crippen molar-refractivity contribution in [1.29, 1.82) is 0 Å². The van der Waals surface area contributed by atoms with E-state index in [2.05, 4.69) is 15.0 Å². The van der Waals surface area contributed by atoms with Crippen molar-refractivity contribution in [2.75, 3.05) is 5.32 Å². The highest BCUT2D eigenvalue weighted by molar-refractivity contribution is 7.16. The minimum Gasteiger partial charge on any atom is -0.460 e. The van der Waals surface area contributed by atoms with Crippen molar-refractivity contribution in [3.8, 4) is 17.0 Å². The van der Waals surface area contributed by atoms with Crippen molar-refractivity contribution in [3.05, 3.63) is 28.6 Å². The summed E-state index contributed by atoms with van der Waals surface area (Å²) in [5.74, 6) is -2.13. The number of halogens is 5. The van der Waals surface area contributed by atoms with Crippen molar-refractivity contribution in [2.24, 2.45) is 0 Å². The van der Waals surface area contributed by atoms with Gasteiger partial charge in [0.1, 0.15) is 12.4 Å². The summed E-state index contributed by atoms with van der Waals surface area (Å²) in [5, 5.41) is 2.46. The smallest absolute Gasteiger partial charge is 0.419 e. The lowest BCUT2D eigenvalue weighted by Crippen LogP contribution is -2.11. The Balaban J connectivity index is 2.53. The lowest BCUT2D eigenvalue weighted by molar-refractivity contribution is -0.142. The number of esters is 1. The van der Waals surface area contributed by atoms with Crippen molar-refractivity contribution < 1.29 is 41.0 Å². The van der Waals surface area contributed by atoms with Crippen LogP contribution in [0.2, 0.25) is 0 Å². The zero-order valence-corrected chi connectivity index (χ0v) is 15.2. The number of benzene rings is 1. The molecule has 0 aliphatic heterocycles. The zero-order chi connectivity index (χ0) is 21.1. The highest BCUT2D eigenvalue weighted by atomic mass is 32.1. The van der Waals surface area contributed by atoms with Gasteiger partial charge < -0.3 is 14.8 Å². The van der Waals surface area contributed by atoms with Crippen LogP contribution in [0.25, 0.3) is 11.3 Å². The predicted octanol–water partition coefficient (Wildman–Crippen LogP) is 4.45. The SMILES string of the molecule is CC(=O)Nc1nc(-c2ccc(OC(F)F)c(C(F)(F)F)c2)c(COC(C)=O)s1. The maximum Gasteiger partial charge on any atom is 0.419 e. The van der Waals surface area contributed by atoms with Crippen LogP contribution < -0.4 is 10.1 Å². The standard InChI is InChI=1S/C16H13F5N2O4S/c1-7(24)22-15-23-13(12(28-15)6-26-8(2)25)9-3-4-11(27-14(17)18)10(5-9)16(19,20)21/h3-5,14H,6H2,1-2H3,(H,22,23,24). The summed E-state index contributed by atoms with van der Waals surface area (Å²) in [5.41, 5.74) is -1.49. The molecular weight excluding hydrogens is 411 g/mol. The Bertz CT molecular complexity index is 882. The number of aromatic nitrogens is 1. The molecule has 0 spiro atoms. The van der Waals surface area contributed by atoms with E-state index in [1.54, 1.807) is 0 Å². The number of nitrogens with zero attached hydrogens (tertiary/aromatic N) is 1. The van der Waals surface area contributed by atoms with Gasteiger partial charge in [-0.05, 0) is 18.2 Å². The molecule has 1 N–H and O–H groups in total. The molecule has 1 amide bonds. The third-order valence-electron chi connectivity index (χ3n) is 3.16. The molecule has 0 aliphatic rings. The fraction of sp³-hybridized carbons (Fsp3) is 0.312. The average molecular weight is 424 g/mol. The third-order valence-corrected chi connectivity index (χ3v) is 4.11. The monoisotopic (exact) mass is 424 g/mol. The lowest BCUT2D eigenvalue weighted by Gasteiger charge is -2.14. The van der Waals surface area contributed by atoms with Crippen molar-refractivity contribution in [3.63, 3.8) is 0 Å². The Kier molecular flexibility index (Phi) is 6.54. The van der Waals surface area contributed by atoms with E-state index in [1.807, 2.05) is 0 Å². The maximum atomic E-state index is 13.3. The average Bonchev–Trinajstić information content (AvgIpc) is 2.93. The summed E-state index contributed by atoms with van der Waals surface area (Å²) < 4.78 is 73.3. The summed E-state index contributed by atoms with van der Waals surface area (Å²) in [4.78, 5) is 26.6. The van der Waals surface area contributed by atoms with Gasteiger partial charge >= 0.3 is 18.8 Å². The first-order valence-corrected chi connectivity index (χ1v) is 8.36. The van der Waals surface area contributed by atoms with Gasteiger partial charge in [-0.1, -0.05) is 11.3 Å². The van der Waals surface area contributed by atoms with Crippen LogP contribution in [-0.4, -0.2) is 23.5 Å². The number of hydrogen-bond acceptors (Lipinski definition) is 6. The van der Waals surface area contributed by atoms with Gasteiger partial charge in [-0.2, -0.15) is 22.0 Å². The van der Waals surface area contributed by atoms with Gasteiger partial charge in [0.25, 0.3) is 0 Å². The quantitative estimate of drug-likeness (QED) is 0.548. The van der Waals surface area contributed by atoms with Gasteiger partial charge in [0.2, 0.25) is 5.91 Å². The molecule has 6 nitrogen and oxygen atoms in total. The van der Waals surface area contributed by atoms with Crippen molar-refractivity contribution >= 4 is 28.3 Å². The van der Waals surface area contributed by atoms with Crippen LogP contribution in [0.1, 0.15) is 24.3 Å². The summed E-state index contributed by atoms with van der Waals surface area (Å²) in [6.07, 6.45) is -4.97. The Morgan fingerprint density at radius 1 is 1.25 bits per heavy atom. The van der Waals surface area contributed by atoms with Crippen molar-refractivity contribution in [2.45, 2.75) is 33.2 Å². The molecule has 1 aromatic heterocycles. The maximum absolute atomic E-state index is 13.3. The highest BCUT2D eigenvalue weighted by Crippen LogP contribution is 2.41. The molecule has 1 aromatic carbocycles. The summed E-state index contributed by atoms with van der Waals surface area (Å²) in [6.45, 7) is -1.37. The first-order chi connectivity index (χ1) is 13.0. The first-order valence-electron chi connectivity index (χ1n) is 7.54. The molecule has 0 radical (unpaired) electrons. The molecule has 152 valence electrons. The molecule has 0 unspecified atom stereocenters. The second-order valence-electron chi connectivity index (χ2n) is 5.34.